The Morgan fingerprint density at radius 2 is 1.65 bits per heavy atom. The molecule has 5 rings (SSSR count). The van der Waals surface area contributed by atoms with Gasteiger partial charge in [-0.1, -0.05) is 17.7 Å². The number of amides is 1. The summed E-state index contributed by atoms with van der Waals surface area (Å²) in [6, 6.07) is 8.41. The molecule has 0 aromatic heterocycles. The number of carbonyl (C=O) groups excluding carboxylic acids is 1. The SMILES string of the molecule is Cc1ccc(N2CC[C@H](N3C[C@H]4[C@H](C3)[C@H]3CC[C@H]4O3)C2=O)cc1. The zero-order valence-corrected chi connectivity index (χ0v) is 13.6. The van der Waals surface area contributed by atoms with Gasteiger partial charge in [0.25, 0.3) is 0 Å². The summed E-state index contributed by atoms with van der Waals surface area (Å²) in [6.07, 6.45) is 4.36. The predicted octanol–water partition coefficient (Wildman–Crippen LogP) is 2.21. The Labute approximate surface area is 137 Å². The molecule has 0 spiro atoms. The molecule has 5 atom stereocenters. The second kappa shape index (κ2) is 5.05. The molecule has 0 saturated carbocycles. The van der Waals surface area contributed by atoms with Crippen molar-refractivity contribution in [3.8, 4) is 0 Å². The zero-order chi connectivity index (χ0) is 15.6. The topological polar surface area (TPSA) is 32.8 Å². The number of rotatable bonds is 2. The fraction of sp³-hybridized carbons (Fsp3) is 0.632. The molecule has 4 saturated heterocycles. The third-order valence-corrected chi connectivity index (χ3v) is 6.44. The van der Waals surface area contributed by atoms with Crippen LogP contribution in [-0.2, 0) is 9.53 Å². The minimum absolute atomic E-state index is 0.0845. The summed E-state index contributed by atoms with van der Waals surface area (Å²) in [6.45, 7) is 5.05. The quantitative estimate of drug-likeness (QED) is 0.839. The van der Waals surface area contributed by atoms with Crippen molar-refractivity contribution in [3.63, 3.8) is 0 Å². The first-order valence-corrected chi connectivity index (χ1v) is 8.98. The van der Waals surface area contributed by atoms with E-state index in [-0.39, 0.29) is 6.04 Å². The summed E-state index contributed by atoms with van der Waals surface area (Å²) < 4.78 is 6.06. The number of carbonyl (C=O) groups is 1. The number of nitrogens with zero attached hydrogens (tertiary/aromatic N) is 2. The molecule has 0 radical (unpaired) electrons. The highest BCUT2D eigenvalue weighted by atomic mass is 16.5. The smallest absolute Gasteiger partial charge is 0.244 e. The molecule has 0 N–H and O–H groups in total. The Bertz CT molecular complexity index is 611. The Morgan fingerprint density at radius 1 is 1.00 bits per heavy atom. The number of ether oxygens (including phenoxy) is 1. The first-order valence-electron chi connectivity index (χ1n) is 8.98. The molecule has 23 heavy (non-hydrogen) atoms. The summed E-state index contributed by atoms with van der Waals surface area (Å²) in [5, 5.41) is 0. The minimum atomic E-state index is 0.0845. The van der Waals surface area contributed by atoms with Gasteiger partial charge in [0.1, 0.15) is 0 Å². The molecule has 0 aliphatic carbocycles. The maximum Gasteiger partial charge on any atom is 0.244 e. The van der Waals surface area contributed by atoms with Crippen molar-refractivity contribution in [2.45, 2.75) is 44.4 Å². The molecule has 4 nitrogen and oxygen atoms in total. The van der Waals surface area contributed by atoms with Crippen molar-refractivity contribution in [3.05, 3.63) is 29.8 Å². The van der Waals surface area contributed by atoms with Gasteiger partial charge in [-0.2, -0.15) is 0 Å². The van der Waals surface area contributed by atoms with E-state index in [1.807, 2.05) is 4.90 Å². The molecule has 1 aromatic carbocycles. The third kappa shape index (κ3) is 2.08. The maximum absolute atomic E-state index is 12.9. The van der Waals surface area contributed by atoms with Crippen molar-refractivity contribution >= 4 is 11.6 Å². The molecular weight excluding hydrogens is 288 g/mol. The molecular formula is C19H24N2O2. The number of likely N-dealkylation sites (tertiary alicyclic amines) is 1. The van der Waals surface area contributed by atoms with Gasteiger partial charge >= 0.3 is 0 Å². The largest absolute Gasteiger partial charge is 0.374 e. The van der Waals surface area contributed by atoms with Gasteiger partial charge < -0.3 is 9.64 Å². The number of hydrogen-bond acceptors (Lipinski definition) is 3. The number of anilines is 1. The van der Waals surface area contributed by atoms with Crippen LogP contribution in [0.25, 0.3) is 0 Å². The normalized spacial score (nSPS) is 39.4. The Kier molecular flexibility index (Phi) is 3.07. The van der Waals surface area contributed by atoms with Crippen molar-refractivity contribution in [2.24, 2.45) is 11.8 Å². The first kappa shape index (κ1) is 14.0. The average Bonchev–Trinajstić information content (AvgIpc) is 3.28. The van der Waals surface area contributed by atoms with Crippen LogP contribution in [-0.4, -0.2) is 48.7 Å². The van der Waals surface area contributed by atoms with E-state index in [1.165, 1.54) is 18.4 Å². The minimum Gasteiger partial charge on any atom is -0.374 e. The van der Waals surface area contributed by atoms with E-state index < -0.39 is 0 Å². The monoisotopic (exact) mass is 312 g/mol. The number of aryl methyl sites for hydroxylation is 1. The third-order valence-electron chi connectivity index (χ3n) is 6.44. The fourth-order valence-corrected chi connectivity index (χ4v) is 5.23. The average molecular weight is 312 g/mol. The van der Waals surface area contributed by atoms with Gasteiger partial charge in [0.15, 0.2) is 0 Å². The Balaban J connectivity index is 1.31. The number of benzene rings is 1. The Morgan fingerprint density at radius 3 is 2.30 bits per heavy atom. The van der Waals surface area contributed by atoms with E-state index in [9.17, 15) is 4.79 Å². The van der Waals surface area contributed by atoms with Gasteiger partial charge in [-0.3, -0.25) is 9.69 Å². The molecule has 1 aromatic rings. The van der Waals surface area contributed by atoms with Gasteiger partial charge in [0, 0.05) is 37.2 Å². The van der Waals surface area contributed by atoms with Gasteiger partial charge in [0.2, 0.25) is 5.91 Å². The van der Waals surface area contributed by atoms with Crippen molar-refractivity contribution < 1.29 is 9.53 Å². The second-order valence-electron chi connectivity index (χ2n) is 7.70. The van der Waals surface area contributed by atoms with E-state index >= 15 is 0 Å². The summed E-state index contributed by atoms with van der Waals surface area (Å²) in [4.78, 5) is 17.4. The zero-order valence-electron chi connectivity index (χ0n) is 13.6. The highest BCUT2D eigenvalue weighted by Gasteiger charge is 2.55. The molecule has 4 heteroatoms. The molecule has 4 aliphatic heterocycles. The van der Waals surface area contributed by atoms with Crippen molar-refractivity contribution in [2.75, 3.05) is 24.5 Å². The Hall–Kier alpha value is -1.39. The van der Waals surface area contributed by atoms with Crippen LogP contribution >= 0.6 is 0 Å². The molecule has 122 valence electrons. The van der Waals surface area contributed by atoms with E-state index in [0.717, 1.165) is 31.7 Å². The van der Waals surface area contributed by atoms with Gasteiger partial charge in [-0.15, -0.1) is 0 Å². The first-order chi connectivity index (χ1) is 11.2. The van der Waals surface area contributed by atoms with Gasteiger partial charge in [-0.05, 0) is 38.3 Å². The lowest BCUT2D eigenvalue weighted by Gasteiger charge is -2.25. The van der Waals surface area contributed by atoms with Crippen LogP contribution in [0, 0.1) is 18.8 Å². The molecule has 4 aliphatic rings. The van der Waals surface area contributed by atoms with E-state index in [1.54, 1.807) is 0 Å². The fourth-order valence-electron chi connectivity index (χ4n) is 5.23. The number of fused-ring (bicyclic) bond motifs is 5. The highest BCUT2D eigenvalue weighted by molar-refractivity contribution is 5.99. The molecule has 1 amide bonds. The summed E-state index contributed by atoms with van der Waals surface area (Å²) in [5.41, 5.74) is 2.28. The van der Waals surface area contributed by atoms with Crippen molar-refractivity contribution in [1.29, 1.82) is 0 Å². The molecule has 4 heterocycles. The molecule has 4 fully saturated rings. The predicted molar refractivity (Wildman–Crippen MR) is 88.4 cm³/mol. The summed E-state index contributed by atoms with van der Waals surface area (Å²) in [7, 11) is 0. The van der Waals surface area contributed by atoms with Crippen LogP contribution in [0.1, 0.15) is 24.8 Å². The van der Waals surface area contributed by atoms with Crippen LogP contribution in [0.15, 0.2) is 24.3 Å². The van der Waals surface area contributed by atoms with Crippen LogP contribution in [0.5, 0.6) is 0 Å². The lowest BCUT2D eigenvalue weighted by Crippen LogP contribution is -2.41. The molecule has 0 unspecified atom stereocenters. The van der Waals surface area contributed by atoms with E-state index in [0.29, 0.717) is 30.0 Å². The molecule has 2 bridgehead atoms. The van der Waals surface area contributed by atoms with Crippen LogP contribution < -0.4 is 4.90 Å². The lowest BCUT2D eigenvalue weighted by atomic mass is 9.82. The highest BCUT2D eigenvalue weighted by Crippen LogP contribution is 2.48. The van der Waals surface area contributed by atoms with Crippen LogP contribution in [0.4, 0.5) is 5.69 Å². The lowest BCUT2D eigenvalue weighted by molar-refractivity contribution is -0.121. The van der Waals surface area contributed by atoms with E-state index in [4.69, 9.17) is 4.74 Å². The number of hydrogen-bond donors (Lipinski definition) is 0. The van der Waals surface area contributed by atoms with Gasteiger partial charge in [-0.25, -0.2) is 0 Å². The van der Waals surface area contributed by atoms with E-state index in [2.05, 4.69) is 36.1 Å². The van der Waals surface area contributed by atoms with Crippen molar-refractivity contribution in [1.82, 2.24) is 4.90 Å². The summed E-state index contributed by atoms with van der Waals surface area (Å²) in [5.74, 6) is 1.65. The summed E-state index contributed by atoms with van der Waals surface area (Å²) >= 11 is 0. The standard InChI is InChI=1S/C19H24N2O2/c1-12-2-4-13(5-3-12)21-9-8-16(19(21)22)20-10-14-15(11-20)18-7-6-17(14)23-18/h2-5,14-18H,6-11H2,1H3/t14-,15-,16-,17+,18+/m0/s1. The maximum atomic E-state index is 12.9. The second-order valence-corrected chi connectivity index (χ2v) is 7.70. The van der Waals surface area contributed by atoms with Gasteiger partial charge in [0.05, 0.1) is 18.2 Å². The van der Waals surface area contributed by atoms with Crippen LogP contribution in [0.3, 0.4) is 0 Å². The van der Waals surface area contributed by atoms with Crippen LogP contribution in [0.2, 0.25) is 0 Å².